The number of hydrogen-bond donors (Lipinski definition) is 1. The third-order valence-electron chi connectivity index (χ3n) is 2.43. The molecule has 1 aromatic rings. The molecular formula is C13H20F3N3. The summed E-state index contributed by atoms with van der Waals surface area (Å²) in [7, 11) is 0. The molecule has 1 heterocycles. The number of halogens is 3. The van der Waals surface area contributed by atoms with Gasteiger partial charge in [0.15, 0.2) is 0 Å². The maximum atomic E-state index is 12.2. The monoisotopic (exact) mass is 275 g/mol. The van der Waals surface area contributed by atoms with E-state index in [9.17, 15) is 13.2 Å². The zero-order valence-corrected chi connectivity index (χ0v) is 11.5. The van der Waals surface area contributed by atoms with Crippen LogP contribution in [0.25, 0.3) is 0 Å². The van der Waals surface area contributed by atoms with Crippen molar-refractivity contribution in [3.05, 3.63) is 17.6 Å². The predicted octanol–water partition coefficient (Wildman–Crippen LogP) is 3.60. The zero-order chi connectivity index (χ0) is 14.5. The molecule has 0 saturated heterocycles. The third kappa shape index (κ3) is 6.40. The number of aryl methyl sites for hydroxylation is 1. The van der Waals surface area contributed by atoms with E-state index in [1.165, 1.54) is 0 Å². The second-order valence-electron chi connectivity index (χ2n) is 4.90. The number of nitrogens with zero attached hydrogens (tertiary/aromatic N) is 2. The Labute approximate surface area is 111 Å². The van der Waals surface area contributed by atoms with Crippen molar-refractivity contribution in [1.82, 2.24) is 9.97 Å². The second kappa shape index (κ2) is 6.73. The van der Waals surface area contributed by atoms with Gasteiger partial charge in [-0.3, -0.25) is 0 Å². The van der Waals surface area contributed by atoms with Gasteiger partial charge in [-0.25, -0.2) is 9.97 Å². The first-order chi connectivity index (χ1) is 8.80. The second-order valence-corrected chi connectivity index (χ2v) is 4.90. The number of anilines is 1. The fourth-order valence-corrected chi connectivity index (χ4v) is 1.71. The number of rotatable bonds is 6. The molecule has 6 heteroatoms. The molecule has 0 unspecified atom stereocenters. The van der Waals surface area contributed by atoms with Gasteiger partial charge in [0.05, 0.1) is 6.42 Å². The van der Waals surface area contributed by atoms with Crippen molar-refractivity contribution in [1.29, 1.82) is 0 Å². The molecule has 0 aliphatic heterocycles. The average Bonchev–Trinajstić information content (AvgIpc) is 2.24. The van der Waals surface area contributed by atoms with Crippen LogP contribution in [0.1, 0.15) is 38.7 Å². The van der Waals surface area contributed by atoms with E-state index in [1.807, 2.05) is 20.8 Å². The van der Waals surface area contributed by atoms with Gasteiger partial charge in [0.1, 0.15) is 11.6 Å². The summed E-state index contributed by atoms with van der Waals surface area (Å²) in [5, 5.41) is 3.03. The highest BCUT2D eigenvalue weighted by molar-refractivity contribution is 5.36. The van der Waals surface area contributed by atoms with E-state index in [-0.39, 0.29) is 12.2 Å². The van der Waals surface area contributed by atoms with Crippen molar-refractivity contribution < 1.29 is 13.2 Å². The molecule has 0 bridgehead atoms. The first-order valence-corrected chi connectivity index (χ1v) is 6.47. The predicted molar refractivity (Wildman–Crippen MR) is 69.1 cm³/mol. The van der Waals surface area contributed by atoms with Gasteiger partial charge in [-0.1, -0.05) is 13.8 Å². The van der Waals surface area contributed by atoms with E-state index in [0.717, 1.165) is 12.1 Å². The third-order valence-corrected chi connectivity index (χ3v) is 2.43. The topological polar surface area (TPSA) is 37.8 Å². The van der Waals surface area contributed by atoms with Crippen molar-refractivity contribution in [2.75, 3.05) is 11.9 Å². The Balaban J connectivity index is 2.86. The van der Waals surface area contributed by atoms with Crippen LogP contribution in [-0.2, 0) is 12.8 Å². The fraction of sp³-hybridized carbons (Fsp3) is 0.692. The summed E-state index contributed by atoms with van der Waals surface area (Å²) >= 11 is 0. The van der Waals surface area contributed by atoms with Crippen molar-refractivity contribution >= 4 is 5.82 Å². The molecule has 108 valence electrons. The minimum Gasteiger partial charge on any atom is -0.370 e. The molecule has 1 rings (SSSR count). The largest absolute Gasteiger partial charge is 0.389 e. The van der Waals surface area contributed by atoms with Crippen molar-refractivity contribution in [2.45, 2.75) is 46.2 Å². The van der Waals surface area contributed by atoms with Gasteiger partial charge < -0.3 is 5.32 Å². The highest BCUT2D eigenvalue weighted by Gasteiger charge is 2.27. The van der Waals surface area contributed by atoms with Crippen molar-refractivity contribution in [2.24, 2.45) is 5.92 Å². The van der Waals surface area contributed by atoms with E-state index in [4.69, 9.17) is 0 Å². The summed E-state index contributed by atoms with van der Waals surface area (Å²) in [6.07, 6.45) is -4.49. The number of aromatic nitrogens is 2. The van der Waals surface area contributed by atoms with Crippen LogP contribution in [0.3, 0.4) is 0 Å². The van der Waals surface area contributed by atoms with Crippen LogP contribution in [0.2, 0.25) is 0 Å². The van der Waals surface area contributed by atoms with Gasteiger partial charge in [-0.05, 0) is 19.3 Å². The zero-order valence-electron chi connectivity index (χ0n) is 11.5. The molecule has 0 aliphatic rings. The Hall–Kier alpha value is -1.33. The van der Waals surface area contributed by atoms with Crippen LogP contribution in [0, 0.1) is 5.92 Å². The van der Waals surface area contributed by atoms with E-state index in [2.05, 4.69) is 15.3 Å². The summed E-state index contributed by atoms with van der Waals surface area (Å²) in [5.74, 6) is 1.26. The normalized spacial score (nSPS) is 11.9. The molecule has 0 aliphatic carbocycles. The first kappa shape index (κ1) is 15.7. The molecule has 19 heavy (non-hydrogen) atoms. The number of nitrogens with one attached hydrogen (secondary N) is 1. The van der Waals surface area contributed by atoms with E-state index in [1.54, 1.807) is 6.07 Å². The molecule has 0 aromatic carbocycles. The van der Waals surface area contributed by atoms with Crippen LogP contribution in [0.4, 0.5) is 19.0 Å². The molecule has 0 fully saturated rings. The van der Waals surface area contributed by atoms with Crippen LogP contribution in [0.15, 0.2) is 6.07 Å². The molecule has 0 amide bonds. The maximum Gasteiger partial charge on any atom is 0.389 e. The summed E-state index contributed by atoms with van der Waals surface area (Å²) in [4.78, 5) is 8.32. The van der Waals surface area contributed by atoms with E-state index >= 15 is 0 Å². The van der Waals surface area contributed by atoms with Gasteiger partial charge in [-0.2, -0.15) is 13.2 Å². The highest BCUT2D eigenvalue weighted by atomic mass is 19.4. The van der Waals surface area contributed by atoms with Crippen LogP contribution in [-0.4, -0.2) is 22.7 Å². The molecular weight excluding hydrogens is 255 g/mol. The standard InChI is InChI=1S/C13H20F3N3/c1-4-17-12-8-10(7-9(2)3)18-11(19-12)5-6-13(14,15)16/h8-9H,4-7H2,1-3H3,(H,17,18,19). The molecule has 0 saturated carbocycles. The van der Waals surface area contributed by atoms with Crippen LogP contribution >= 0.6 is 0 Å². The molecule has 1 N–H and O–H groups in total. The van der Waals surface area contributed by atoms with E-state index in [0.29, 0.717) is 18.3 Å². The fourth-order valence-electron chi connectivity index (χ4n) is 1.71. The van der Waals surface area contributed by atoms with E-state index < -0.39 is 12.6 Å². The molecule has 0 spiro atoms. The summed E-state index contributed by atoms with van der Waals surface area (Å²) in [6.45, 7) is 6.69. The lowest BCUT2D eigenvalue weighted by Gasteiger charge is -2.11. The van der Waals surface area contributed by atoms with Gasteiger partial charge in [0, 0.05) is 24.7 Å². The molecule has 1 aromatic heterocycles. The SMILES string of the molecule is CCNc1cc(CC(C)C)nc(CCC(F)(F)F)n1. The summed E-state index contributed by atoms with van der Waals surface area (Å²) in [6, 6.07) is 1.81. The first-order valence-electron chi connectivity index (χ1n) is 6.47. The number of alkyl halides is 3. The Morgan fingerprint density at radius 2 is 1.95 bits per heavy atom. The highest BCUT2D eigenvalue weighted by Crippen LogP contribution is 2.22. The average molecular weight is 275 g/mol. The minimum atomic E-state index is -4.17. The minimum absolute atomic E-state index is 0.173. The van der Waals surface area contributed by atoms with Crippen LogP contribution < -0.4 is 5.32 Å². The smallest absolute Gasteiger partial charge is 0.370 e. The Kier molecular flexibility index (Phi) is 5.57. The quantitative estimate of drug-likeness (QED) is 0.862. The molecule has 3 nitrogen and oxygen atoms in total. The Morgan fingerprint density at radius 1 is 1.26 bits per heavy atom. The van der Waals surface area contributed by atoms with Gasteiger partial charge in [0.2, 0.25) is 0 Å². The van der Waals surface area contributed by atoms with Gasteiger partial charge in [-0.15, -0.1) is 0 Å². The summed E-state index contributed by atoms with van der Waals surface area (Å²) in [5.41, 5.74) is 0.790. The number of hydrogen-bond acceptors (Lipinski definition) is 3. The Bertz CT molecular complexity index is 403. The van der Waals surface area contributed by atoms with Crippen molar-refractivity contribution in [3.63, 3.8) is 0 Å². The van der Waals surface area contributed by atoms with Crippen LogP contribution in [0.5, 0.6) is 0 Å². The lowest BCUT2D eigenvalue weighted by molar-refractivity contribution is -0.134. The van der Waals surface area contributed by atoms with Crippen molar-refractivity contribution in [3.8, 4) is 0 Å². The lowest BCUT2D eigenvalue weighted by atomic mass is 10.1. The lowest BCUT2D eigenvalue weighted by Crippen LogP contribution is -2.12. The summed E-state index contributed by atoms with van der Waals surface area (Å²) < 4.78 is 36.7. The van der Waals surface area contributed by atoms with Gasteiger partial charge >= 0.3 is 6.18 Å². The Morgan fingerprint density at radius 3 is 2.47 bits per heavy atom. The van der Waals surface area contributed by atoms with Gasteiger partial charge in [0.25, 0.3) is 0 Å². The molecule has 0 atom stereocenters. The maximum absolute atomic E-state index is 12.2. The molecule has 0 radical (unpaired) electrons.